The monoisotopic (exact) mass is 367 g/mol. The number of carbonyl (C=O) groups excluding carboxylic acids is 2. The largest absolute Gasteiger partial charge is 0.507 e. The summed E-state index contributed by atoms with van der Waals surface area (Å²) in [4.78, 5) is 31.0. The van der Waals surface area contributed by atoms with Crippen LogP contribution in [0, 0.1) is 0 Å². The summed E-state index contributed by atoms with van der Waals surface area (Å²) in [6.45, 7) is 0.693. The minimum absolute atomic E-state index is 0.0286. The van der Waals surface area contributed by atoms with E-state index in [-0.39, 0.29) is 11.3 Å². The van der Waals surface area contributed by atoms with Gasteiger partial charge >= 0.3 is 0 Å². The molecule has 3 N–H and O–H groups in total. The Hall–Kier alpha value is -3.19. The van der Waals surface area contributed by atoms with Crippen LogP contribution in [-0.2, 0) is 9.59 Å². The predicted octanol–water partition coefficient (Wildman–Crippen LogP) is 1.86. The van der Waals surface area contributed by atoms with Crippen LogP contribution in [0.5, 0.6) is 5.75 Å². The molecule has 140 valence electrons. The molecule has 1 saturated heterocycles. The van der Waals surface area contributed by atoms with E-state index in [2.05, 4.69) is 4.98 Å². The number of benzene rings is 1. The van der Waals surface area contributed by atoms with Gasteiger partial charge in [-0.3, -0.25) is 14.6 Å². The van der Waals surface area contributed by atoms with Crippen molar-refractivity contribution < 1.29 is 19.4 Å². The lowest BCUT2D eigenvalue weighted by Gasteiger charge is -2.24. The van der Waals surface area contributed by atoms with Gasteiger partial charge < -0.3 is 20.5 Å². The number of ketones is 1. The zero-order valence-electron chi connectivity index (χ0n) is 15.0. The van der Waals surface area contributed by atoms with Crippen molar-refractivity contribution in [3.63, 3.8) is 0 Å². The highest BCUT2D eigenvalue weighted by Crippen LogP contribution is 2.38. The molecule has 27 heavy (non-hydrogen) atoms. The summed E-state index contributed by atoms with van der Waals surface area (Å²) in [5.41, 5.74) is 6.54. The van der Waals surface area contributed by atoms with E-state index in [0.29, 0.717) is 36.5 Å². The van der Waals surface area contributed by atoms with Crippen LogP contribution >= 0.6 is 0 Å². The molecular formula is C20H21N3O4. The van der Waals surface area contributed by atoms with Gasteiger partial charge in [-0.15, -0.1) is 0 Å². The Morgan fingerprint density at radius 2 is 1.96 bits per heavy atom. The van der Waals surface area contributed by atoms with Gasteiger partial charge in [0.05, 0.1) is 18.4 Å². The quantitative estimate of drug-likeness (QED) is 0.459. The van der Waals surface area contributed by atoms with Crippen LogP contribution in [0.3, 0.4) is 0 Å². The molecule has 0 radical (unpaired) electrons. The molecular weight excluding hydrogens is 346 g/mol. The molecule has 1 fully saturated rings. The van der Waals surface area contributed by atoms with E-state index >= 15 is 0 Å². The Bertz CT molecular complexity index is 863. The van der Waals surface area contributed by atoms with E-state index in [9.17, 15) is 14.7 Å². The van der Waals surface area contributed by atoms with Crippen molar-refractivity contribution in [1.82, 2.24) is 9.88 Å². The zero-order valence-corrected chi connectivity index (χ0v) is 15.0. The summed E-state index contributed by atoms with van der Waals surface area (Å²) in [7, 11) is 1.54. The molecule has 7 nitrogen and oxygen atoms in total. The van der Waals surface area contributed by atoms with E-state index in [1.807, 2.05) is 0 Å². The molecule has 0 saturated carbocycles. The number of aliphatic hydroxyl groups is 1. The molecule has 1 aromatic carbocycles. The summed E-state index contributed by atoms with van der Waals surface area (Å²) in [6.07, 6.45) is 2.13. The molecule has 2 heterocycles. The molecule has 1 atom stereocenters. The lowest BCUT2D eigenvalue weighted by molar-refractivity contribution is -0.139. The molecule has 3 rings (SSSR count). The predicted molar refractivity (Wildman–Crippen MR) is 99.9 cm³/mol. The van der Waals surface area contributed by atoms with Gasteiger partial charge in [0.1, 0.15) is 17.6 Å². The van der Waals surface area contributed by atoms with Crippen molar-refractivity contribution >= 4 is 17.4 Å². The normalized spacial score (nSPS) is 18.7. The highest BCUT2D eigenvalue weighted by molar-refractivity contribution is 6.46. The number of aliphatic hydroxyl groups excluding tert-OH is 1. The van der Waals surface area contributed by atoms with Crippen LogP contribution < -0.4 is 10.5 Å². The van der Waals surface area contributed by atoms with Crippen LogP contribution in [-0.4, -0.2) is 46.9 Å². The SMILES string of the molecule is COc1ccc(C(O)=C2C(=O)C(=O)N(CCCN)C2c2ccccn2)cc1. The molecule has 1 aliphatic rings. The van der Waals surface area contributed by atoms with Gasteiger partial charge in [0.25, 0.3) is 11.7 Å². The molecule has 1 aliphatic heterocycles. The average Bonchev–Trinajstić information content (AvgIpc) is 2.97. The van der Waals surface area contributed by atoms with E-state index in [0.717, 1.165) is 0 Å². The van der Waals surface area contributed by atoms with Crippen molar-refractivity contribution in [2.24, 2.45) is 5.73 Å². The number of hydrogen-bond donors (Lipinski definition) is 2. The van der Waals surface area contributed by atoms with Crippen LogP contribution in [0.15, 0.2) is 54.2 Å². The number of aromatic nitrogens is 1. The lowest BCUT2D eigenvalue weighted by Crippen LogP contribution is -2.32. The third-order valence-electron chi connectivity index (χ3n) is 4.47. The fourth-order valence-corrected chi connectivity index (χ4v) is 3.12. The summed E-state index contributed by atoms with van der Waals surface area (Å²) < 4.78 is 5.12. The number of ether oxygens (including phenoxy) is 1. The molecule has 1 amide bonds. The van der Waals surface area contributed by atoms with Crippen molar-refractivity contribution in [3.8, 4) is 5.75 Å². The first-order chi connectivity index (χ1) is 13.1. The number of pyridine rings is 1. The minimum atomic E-state index is -0.750. The Morgan fingerprint density at radius 3 is 2.56 bits per heavy atom. The van der Waals surface area contributed by atoms with E-state index in [4.69, 9.17) is 10.5 Å². The molecule has 1 aromatic heterocycles. The van der Waals surface area contributed by atoms with E-state index in [1.54, 1.807) is 55.8 Å². The second-order valence-corrected chi connectivity index (χ2v) is 6.12. The Kier molecular flexibility index (Phi) is 5.52. The van der Waals surface area contributed by atoms with Crippen LogP contribution in [0.2, 0.25) is 0 Å². The van der Waals surface area contributed by atoms with E-state index in [1.165, 1.54) is 4.90 Å². The maximum absolute atomic E-state index is 12.7. The smallest absolute Gasteiger partial charge is 0.295 e. The first kappa shape index (κ1) is 18.6. The number of likely N-dealkylation sites (tertiary alicyclic amines) is 1. The zero-order chi connectivity index (χ0) is 19.4. The van der Waals surface area contributed by atoms with Gasteiger partial charge in [-0.05, 0) is 49.4 Å². The number of carbonyl (C=O) groups is 2. The van der Waals surface area contributed by atoms with Gasteiger partial charge in [0.2, 0.25) is 0 Å². The second kappa shape index (κ2) is 8.01. The summed E-state index contributed by atoms with van der Waals surface area (Å²) >= 11 is 0. The Balaban J connectivity index is 2.11. The Labute approximate surface area is 157 Å². The Morgan fingerprint density at radius 1 is 1.22 bits per heavy atom. The summed E-state index contributed by atoms with van der Waals surface area (Å²) in [5, 5.41) is 10.8. The summed E-state index contributed by atoms with van der Waals surface area (Å²) in [6, 6.07) is 11.1. The number of nitrogens with two attached hydrogens (primary N) is 1. The van der Waals surface area contributed by atoms with Gasteiger partial charge in [0, 0.05) is 18.3 Å². The van der Waals surface area contributed by atoms with Crippen molar-refractivity contribution in [3.05, 3.63) is 65.5 Å². The number of amides is 1. The van der Waals surface area contributed by atoms with Crippen molar-refractivity contribution in [2.45, 2.75) is 12.5 Å². The highest BCUT2D eigenvalue weighted by atomic mass is 16.5. The van der Waals surface area contributed by atoms with Crippen LogP contribution in [0.25, 0.3) is 5.76 Å². The molecule has 7 heteroatoms. The lowest BCUT2D eigenvalue weighted by atomic mass is 9.98. The molecule has 0 bridgehead atoms. The highest BCUT2D eigenvalue weighted by Gasteiger charge is 2.46. The standard InChI is InChI=1S/C20H21N3O4/c1-27-14-8-6-13(7-9-14)18(24)16-17(15-5-2-3-11-22-15)23(12-4-10-21)20(26)19(16)25/h2-3,5-9,11,17,24H,4,10,12,21H2,1H3. The number of Topliss-reactive ketones (excluding diaryl/α,β-unsaturated/α-hetero) is 1. The molecule has 2 aromatic rings. The van der Waals surface area contributed by atoms with Crippen molar-refractivity contribution in [2.75, 3.05) is 20.2 Å². The molecule has 0 aliphatic carbocycles. The maximum atomic E-state index is 12.7. The number of methoxy groups -OCH3 is 1. The van der Waals surface area contributed by atoms with E-state index < -0.39 is 17.7 Å². The maximum Gasteiger partial charge on any atom is 0.295 e. The third-order valence-corrected chi connectivity index (χ3v) is 4.47. The van der Waals surface area contributed by atoms with Crippen LogP contribution in [0.1, 0.15) is 23.7 Å². The number of hydrogen-bond acceptors (Lipinski definition) is 6. The van der Waals surface area contributed by atoms with Gasteiger partial charge in [-0.1, -0.05) is 6.07 Å². The van der Waals surface area contributed by atoms with Gasteiger partial charge in [-0.2, -0.15) is 0 Å². The third kappa shape index (κ3) is 3.54. The van der Waals surface area contributed by atoms with Crippen LogP contribution in [0.4, 0.5) is 0 Å². The minimum Gasteiger partial charge on any atom is -0.507 e. The first-order valence-electron chi connectivity index (χ1n) is 8.62. The molecule has 1 unspecified atom stereocenters. The fourth-order valence-electron chi connectivity index (χ4n) is 3.12. The van der Waals surface area contributed by atoms with Crippen molar-refractivity contribution in [1.29, 1.82) is 0 Å². The first-order valence-corrected chi connectivity index (χ1v) is 8.62. The average molecular weight is 367 g/mol. The van der Waals surface area contributed by atoms with Gasteiger partial charge in [0.15, 0.2) is 0 Å². The topological polar surface area (TPSA) is 106 Å². The second-order valence-electron chi connectivity index (χ2n) is 6.12. The number of rotatable bonds is 6. The van der Waals surface area contributed by atoms with Gasteiger partial charge in [-0.25, -0.2) is 0 Å². The fraction of sp³-hybridized carbons (Fsp3) is 0.250. The summed E-state index contributed by atoms with van der Waals surface area (Å²) in [5.74, 6) is -0.997. The molecule has 0 spiro atoms. The number of nitrogens with zero attached hydrogens (tertiary/aromatic N) is 2.